The third kappa shape index (κ3) is 6.41. The standard InChI is InChI=1S/C25H24N2O3/c28-24(17-19-7-2-1-3-8-19)27-22-14-12-20(13-15-22)23(10-4-5-11-25(29)30)21-9-6-16-26-18-21/h1-3,6-10,12-16,18H,4-5,11,17H2,(H,27,28)(H,29,30). The number of nitrogens with zero attached hydrogens (tertiary/aromatic N) is 1. The second-order valence-corrected chi connectivity index (χ2v) is 6.93. The van der Waals surface area contributed by atoms with Gasteiger partial charge in [-0.15, -0.1) is 0 Å². The van der Waals surface area contributed by atoms with Crippen LogP contribution >= 0.6 is 0 Å². The van der Waals surface area contributed by atoms with Gasteiger partial charge in [0.05, 0.1) is 6.42 Å². The van der Waals surface area contributed by atoms with E-state index >= 15 is 0 Å². The van der Waals surface area contributed by atoms with Gasteiger partial charge >= 0.3 is 5.97 Å². The number of nitrogens with one attached hydrogen (secondary N) is 1. The Balaban J connectivity index is 1.71. The molecule has 2 N–H and O–H groups in total. The highest BCUT2D eigenvalue weighted by molar-refractivity contribution is 5.92. The van der Waals surface area contributed by atoms with Crippen molar-refractivity contribution in [2.24, 2.45) is 0 Å². The molecule has 0 saturated carbocycles. The number of allylic oxidation sites excluding steroid dienone is 1. The van der Waals surface area contributed by atoms with Crippen LogP contribution in [0.25, 0.3) is 5.57 Å². The number of aliphatic carboxylic acids is 1. The van der Waals surface area contributed by atoms with Gasteiger partial charge in [0.25, 0.3) is 0 Å². The zero-order chi connectivity index (χ0) is 21.2. The summed E-state index contributed by atoms with van der Waals surface area (Å²) in [6.45, 7) is 0. The molecule has 1 aromatic heterocycles. The molecule has 0 unspecified atom stereocenters. The molecule has 5 heteroatoms. The minimum atomic E-state index is -0.790. The number of hydrogen-bond acceptors (Lipinski definition) is 3. The number of aromatic nitrogens is 1. The van der Waals surface area contributed by atoms with Crippen molar-refractivity contribution in [1.82, 2.24) is 4.98 Å². The zero-order valence-electron chi connectivity index (χ0n) is 16.6. The molecule has 1 amide bonds. The zero-order valence-corrected chi connectivity index (χ0v) is 16.6. The largest absolute Gasteiger partial charge is 0.481 e. The molecule has 0 aliphatic heterocycles. The molecule has 5 nitrogen and oxygen atoms in total. The van der Waals surface area contributed by atoms with Crippen LogP contribution in [0.15, 0.2) is 85.2 Å². The van der Waals surface area contributed by atoms with Crippen LogP contribution in [0.5, 0.6) is 0 Å². The summed E-state index contributed by atoms with van der Waals surface area (Å²) in [6.07, 6.45) is 7.26. The number of pyridine rings is 1. The van der Waals surface area contributed by atoms with Crippen LogP contribution in [-0.2, 0) is 16.0 Å². The molecule has 0 saturated heterocycles. The first-order valence-corrected chi connectivity index (χ1v) is 9.88. The lowest BCUT2D eigenvalue weighted by Gasteiger charge is -2.10. The molecular formula is C25H24N2O3. The Kier molecular flexibility index (Phi) is 7.50. The number of benzene rings is 2. The SMILES string of the molecule is O=C(O)CCCC=C(c1ccc(NC(=O)Cc2ccccc2)cc1)c1cccnc1. The lowest BCUT2D eigenvalue weighted by atomic mass is 9.97. The van der Waals surface area contributed by atoms with Crippen molar-refractivity contribution in [1.29, 1.82) is 0 Å². The van der Waals surface area contributed by atoms with Crippen molar-refractivity contribution < 1.29 is 14.7 Å². The summed E-state index contributed by atoms with van der Waals surface area (Å²) in [5.41, 5.74) is 4.65. The normalized spacial score (nSPS) is 11.1. The van der Waals surface area contributed by atoms with Crippen LogP contribution < -0.4 is 5.32 Å². The van der Waals surface area contributed by atoms with E-state index in [-0.39, 0.29) is 12.3 Å². The van der Waals surface area contributed by atoms with E-state index in [1.165, 1.54) is 0 Å². The molecule has 0 aliphatic rings. The van der Waals surface area contributed by atoms with Crippen LogP contribution in [0.4, 0.5) is 5.69 Å². The van der Waals surface area contributed by atoms with Crippen LogP contribution in [-0.4, -0.2) is 22.0 Å². The molecule has 0 fully saturated rings. The molecule has 0 radical (unpaired) electrons. The van der Waals surface area contributed by atoms with E-state index < -0.39 is 5.97 Å². The molecule has 1 heterocycles. The lowest BCUT2D eigenvalue weighted by Crippen LogP contribution is -2.14. The van der Waals surface area contributed by atoms with E-state index in [4.69, 9.17) is 5.11 Å². The molecular weight excluding hydrogens is 376 g/mol. The number of amides is 1. The van der Waals surface area contributed by atoms with Crippen LogP contribution in [0.2, 0.25) is 0 Å². The maximum absolute atomic E-state index is 12.3. The fourth-order valence-corrected chi connectivity index (χ4v) is 3.14. The molecule has 3 aromatic rings. The van der Waals surface area contributed by atoms with E-state index in [2.05, 4.69) is 10.3 Å². The van der Waals surface area contributed by atoms with E-state index in [1.54, 1.807) is 12.4 Å². The predicted octanol–water partition coefficient (Wildman–Crippen LogP) is 4.95. The van der Waals surface area contributed by atoms with Gasteiger partial charge in [0.2, 0.25) is 5.91 Å². The summed E-state index contributed by atoms with van der Waals surface area (Å²) >= 11 is 0. The maximum Gasteiger partial charge on any atom is 0.303 e. The molecule has 152 valence electrons. The highest BCUT2D eigenvalue weighted by Crippen LogP contribution is 2.25. The predicted molar refractivity (Wildman–Crippen MR) is 118 cm³/mol. The molecule has 3 rings (SSSR count). The number of rotatable bonds is 9. The number of carboxylic acids is 1. The van der Waals surface area contributed by atoms with Gasteiger partial charge in [0.15, 0.2) is 0 Å². The number of carbonyl (C=O) groups excluding carboxylic acids is 1. The summed E-state index contributed by atoms with van der Waals surface area (Å²) in [5.74, 6) is -0.854. The Morgan fingerprint density at radius 3 is 2.37 bits per heavy atom. The minimum Gasteiger partial charge on any atom is -0.481 e. The fourth-order valence-electron chi connectivity index (χ4n) is 3.14. The lowest BCUT2D eigenvalue weighted by molar-refractivity contribution is -0.137. The molecule has 2 aromatic carbocycles. The average molecular weight is 400 g/mol. The third-order valence-corrected chi connectivity index (χ3v) is 4.60. The summed E-state index contributed by atoms with van der Waals surface area (Å²) in [5, 5.41) is 11.8. The van der Waals surface area contributed by atoms with Gasteiger partial charge in [-0.2, -0.15) is 0 Å². The van der Waals surface area contributed by atoms with Crippen molar-refractivity contribution >= 4 is 23.1 Å². The van der Waals surface area contributed by atoms with Crippen LogP contribution in [0.1, 0.15) is 36.0 Å². The smallest absolute Gasteiger partial charge is 0.303 e. The quantitative estimate of drug-likeness (QED) is 0.498. The first-order chi connectivity index (χ1) is 14.6. The average Bonchev–Trinajstić information content (AvgIpc) is 2.76. The number of carbonyl (C=O) groups is 2. The van der Waals surface area contributed by atoms with Gasteiger partial charge in [-0.25, -0.2) is 0 Å². The van der Waals surface area contributed by atoms with Gasteiger partial charge in [-0.05, 0) is 47.7 Å². The van der Waals surface area contributed by atoms with E-state index in [9.17, 15) is 9.59 Å². The maximum atomic E-state index is 12.3. The highest BCUT2D eigenvalue weighted by atomic mass is 16.4. The van der Waals surface area contributed by atoms with Crippen molar-refractivity contribution in [2.75, 3.05) is 5.32 Å². The van der Waals surface area contributed by atoms with Crippen molar-refractivity contribution in [2.45, 2.75) is 25.7 Å². The summed E-state index contributed by atoms with van der Waals surface area (Å²) < 4.78 is 0. The van der Waals surface area contributed by atoms with Gasteiger partial charge in [-0.1, -0.05) is 54.6 Å². The van der Waals surface area contributed by atoms with Crippen molar-refractivity contribution in [3.05, 3.63) is 102 Å². The first kappa shape index (κ1) is 21.0. The number of hydrogen-bond donors (Lipinski definition) is 2. The molecule has 0 spiro atoms. The summed E-state index contributed by atoms with van der Waals surface area (Å²) in [4.78, 5) is 27.2. The van der Waals surface area contributed by atoms with Crippen LogP contribution in [0, 0.1) is 0 Å². The van der Waals surface area contributed by atoms with Gasteiger partial charge in [-0.3, -0.25) is 14.6 Å². The number of unbranched alkanes of at least 4 members (excludes halogenated alkanes) is 1. The minimum absolute atomic E-state index is 0.0642. The third-order valence-electron chi connectivity index (χ3n) is 4.60. The number of carboxylic acid groups (broad SMARTS) is 1. The number of anilines is 1. The monoisotopic (exact) mass is 400 g/mol. The van der Waals surface area contributed by atoms with Gasteiger partial charge in [0, 0.05) is 30.1 Å². The summed E-state index contributed by atoms with van der Waals surface area (Å²) in [6, 6.07) is 21.1. The highest BCUT2D eigenvalue weighted by Gasteiger charge is 2.08. The summed E-state index contributed by atoms with van der Waals surface area (Å²) in [7, 11) is 0. The second-order valence-electron chi connectivity index (χ2n) is 6.93. The fraction of sp³-hybridized carbons (Fsp3) is 0.160. The van der Waals surface area contributed by atoms with E-state index in [0.717, 1.165) is 28.0 Å². The van der Waals surface area contributed by atoms with Crippen molar-refractivity contribution in [3.63, 3.8) is 0 Å². The first-order valence-electron chi connectivity index (χ1n) is 9.88. The van der Waals surface area contributed by atoms with Crippen molar-refractivity contribution in [3.8, 4) is 0 Å². The molecule has 30 heavy (non-hydrogen) atoms. The molecule has 0 atom stereocenters. The Morgan fingerprint density at radius 2 is 1.70 bits per heavy atom. The topological polar surface area (TPSA) is 79.3 Å². The van der Waals surface area contributed by atoms with E-state index in [1.807, 2.05) is 72.8 Å². The Bertz CT molecular complexity index is 998. The van der Waals surface area contributed by atoms with Crippen LogP contribution in [0.3, 0.4) is 0 Å². The second kappa shape index (κ2) is 10.7. The molecule has 0 bridgehead atoms. The Morgan fingerprint density at radius 1 is 0.933 bits per heavy atom. The van der Waals surface area contributed by atoms with E-state index in [0.29, 0.717) is 19.3 Å². The van der Waals surface area contributed by atoms with Gasteiger partial charge < -0.3 is 10.4 Å². The molecule has 0 aliphatic carbocycles. The Hall–Kier alpha value is -3.73. The van der Waals surface area contributed by atoms with Gasteiger partial charge in [0.1, 0.15) is 0 Å². The Labute approximate surface area is 176 Å².